The van der Waals surface area contributed by atoms with Gasteiger partial charge in [0.15, 0.2) is 0 Å². The number of nitrogens with one attached hydrogen (secondary N) is 1. The SMILES string of the molecule is C#CCC(CC)Nc1cc([N+](=O)[O-])ccc1C(=O)O. The van der Waals surface area contributed by atoms with Gasteiger partial charge in [0.05, 0.1) is 16.2 Å². The Morgan fingerprint density at radius 1 is 1.63 bits per heavy atom. The molecule has 6 heteroatoms. The molecule has 0 fully saturated rings. The molecule has 1 rings (SSSR count). The van der Waals surface area contributed by atoms with Gasteiger partial charge in [0, 0.05) is 24.6 Å². The minimum atomic E-state index is -1.15. The van der Waals surface area contributed by atoms with Crippen molar-refractivity contribution < 1.29 is 14.8 Å². The monoisotopic (exact) mass is 262 g/mol. The molecule has 0 aliphatic carbocycles. The summed E-state index contributed by atoms with van der Waals surface area (Å²) in [4.78, 5) is 21.2. The third-order valence-corrected chi connectivity index (χ3v) is 2.66. The van der Waals surface area contributed by atoms with Crippen LogP contribution in [0, 0.1) is 22.5 Å². The zero-order valence-corrected chi connectivity index (χ0v) is 10.4. The van der Waals surface area contributed by atoms with Crippen LogP contribution in [-0.4, -0.2) is 22.0 Å². The van der Waals surface area contributed by atoms with Gasteiger partial charge in [-0.15, -0.1) is 12.3 Å². The second kappa shape index (κ2) is 6.40. The van der Waals surface area contributed by atoms with Crippen molar-refractivity contribution in [3.63, 3.8) is 0 Å². The molecular weight excluding hydrogens is 248 g/mol. The summed E-state index contributed by atoms with van der Waals surface area (Å²) >= 11 is 0. The number of non-ortho nitro benzene ring substituents is 1. The fraction of sp³-hybridized carbons (Fsp3) is 0.308. The Morgan fingerprint density at radius 2 is 2.32 bits per heavy atom. The van der Waals surface area contributed by atoms with Crippen LogP contribution in [0.1, 0.15) is 30.1 Å². The normalized spacial score (nSPS) is 11.4. The predicted octanol–water partition coefficient (Wildman–Crippen LogP) is 2.51. The first kappa shape index (κ1) is 14.5. The number of hydrogen-bond donors (Lipinski definition) is 2. The predicted molar refractivity (Wildman–Crippen MR) is 71.2 cm³/mol. The Bertz CT molecular complexity index is 534. The van der Waals surface area contributed by atoms with Crippen LogP contribution >= 0.6 is 0 Å². The van der Waals surface area contributed by atoms with Crippen molar-refractivity contribution in [2.75, 3.05) is 5.32 Å². The minimum Gasteiger partial charge on any atom is -0.478 e. The third kappa shape index (κ3) is 3.71. The van der Waals surface area contributed by atoms with Gasteiger partial charge < -0.3 is 10.4 Å². The lowest BCUT2D eigenvalue weighted by Gasteiger charge is -2.17. The molecule has 1 aromatic rings. The summed E-state index contributed by atoms with van der Waals surface area (Å²) < 4.78 is 0. The highest BCUT2D eigenvalue weighted by molar-refractivity contribution is 5.94. The zero-order valence-electron chi connectivity index (χ0n) is 10.4. The summed E-state index contributed by atoms with van der Waals surface area (Å²) in [6.07, 6.45) is 6.32. The Balaban J connectivity index is 3.14. The van der Waals surface area contributed by atoms with E-state index in [4.69, 9.17) is 11.5 Å². The van der Waals surface area contributed by atoms with Crippen LogP contribution in [0.2, 0.25) is 0 Å². The second-order valence-electron chi connectivity index (χ2n) is 3.95. The van der Waals surface area contributed by atoms with Gasteiger partial charge in [0.25, 0.3) is 5.69 Å². The highest BCUT2D eigenvalue weighted by Gasteiger charge is 2.17. The lowest BCUT2D eigenvalue weighted by molar-refractivity contribution is -0.384. The first-order valence-electron chi connectivity index (χ1n) is 5.71. The molecule has 0 aromatic heterocycles. The van der Waals surface area contributed by atoms with E-state index in [1.807, 2.05) is 6.92 Å². The van der Waals surface area contributed by atoms with Gasteiger partial charge in [-0.1, -0.05) is 6.92 Å². The molecule has 2 N–H and O–H groups in total. The van der Waals surface area contributed by atoms with Crippen molar-refractivity contribution in [1.82, 2.24) is 0 Å². The molecule has 0 spiro atoms. The second-order valence-corrected chi connectivity index (χ2v) is 3.95. The molecule has 0 radical (unpaired) electrons. The minimum absolute atomic E-state index is 0.0129. The third-order valence-electron chi connectivity index (χ3n) is 2.66. The number of aromatic carboxylic acids is 1. The Hall–Kier alpha value is -2.55. The van der Waals surface area contributed by atoms with Gasteiger partial charge in [0.2, 0.25) is 0 Å². The maximum atomic E-state index is 11.1. The summed E-state index contributed by atoms with van der Waals surface area (Å²) in [6, 6.07) is 3.47. The van der Waals surface area contributed by atoms with Gasteiger partial charge in [-0.3, -0.25) is 10.1 Å². The van der Waals surface area contributed by atoms with Crippen molar-refractivity contribution in [3.8, 4) is 12.3 Å². The van der Waals surface area contributed by atoms with Crippen molar-refractivity contribution in [1.29, 1.82) is 0 Å². The molecule has 1 unspecified atom stereocenters. The Labute approximate surface area is 110 Å². The van der Waals surface area contributed by atoms with Gasteiger partial charge in [-0.2, -0.15) is 0 Å². The van der Waals surface area contributed by atoms with Gasteiger partial charge in [0.1, 0.15) is 0 Å². The number of hydrogen-bond acceptors (Lipinski definition) is 4. The number of carboxylic acid groups (broad SMARTS) is 1. The highest BCUT2D eigenvalue weighted by atomic mass is 16.6. The fourth-order valence-electron chi connectivity index (χ4n) is 1.61. The van der Waals surface area contributed by atoms with Crippen LogP contribution in [0.5, 0.6) is 0 Å². The van der Waals surface area contributed by atoms with E-state index in [1.54, 1.807) is 0 Å². The summed E-state index contributed by atoms with van der Waals surface area (Å²) in [5, 5.41) is 22.7. The number of anilines is 1. The molecule has 0 aliphatic rings. The fourth-order valence-corrected chi connectivity index (χ4v) is 1.61. The van der Waals surface area contributed by atoms with Crippen molar-refractivity contribution in [2.45, 2.75) is 25.8 Å². The molecule has 1 aromatic carbocycles. The molecule has 1 atom stereocenters. The van der Waals surface area contributed by atoms with E-state index in [1.165, 1.54) is 12.1 Å². The average molecular weight is 262 g/mol. The molecule has 19 heavy (non-hydrogen) atoms. The van der Waals surface area contributed by atoms with Crippen molar-refractivity contribution in [2.24, 2.45) is 0 Å². The zero-order chi connectivity index (χ0) is 14.4. The first-order valence-corrected chi connectivity index (χ1v) is 5.71. The first-order chi connectivity index (χ1) is 8.99. The molecule has 0 aliphatic heterocycles. The lowest BCUT2D eigenvalue weighted by atomic mass is 10.1. The van der Waals surface area contributed by atoms with Crippen LogP contribution in [0.25, 0.3) is 0 Å². The summed E-state index contributed by atoms with van der Waals surface area (Å²) in [5.41, 5.74) is 0.0351. The van der Waals surface area contributed by atoms with Crippen molar-refractivity contribution in [3.05, 3.63) is 33.9 Å². The largest absolute Gasteiger partial charge is 0.478 e. The molecule has 0 saturated carbocycles. The van der Waals surface area contributed by atoms with E-state index in [9.17, 15) is 14.9 Å². The van der Waals surface area contributed by atoms with Crippen LogP contribution in [-0.2, 0) is 0 Å². The van der Waals surface area contributed by atoms with Crippen LogP contribution in [0.15, 0.2) is 18.2 Å². The number of nitro groups is 1. The molecule has 6 nitrogen and oxygen atoms in total. The quantitative estimate of drug-likeness (QED) is 0.467. The van der Waals surface area contributed by atoms with Crippen LogP contribution in [0.3, 0.4) is 0 Å². The highest BCUT2D eigenvalue weighted by Crippen LogP contribution is 2.24. The summed E-state index contributed by atoms with van der Waals surface area (Å²) in [7, 11) is 0. The van der Waals surface area contributed by atoms with Gasteiger partial charge in [-0.25, -0.2) is 4.79 Å². The molecule has 0 bridgehead atoms. The number of rotatable bonds is 6. The summed E-state index contributed by atoms with van der Waals surface area (Å²) in [5.74, 6) is 1.34. The van der Waals surface area contributed by atoms with E-state index < -0.39 is 10.9 Å². The number of benzene rings is 1. The number of nitrogens with zero attached hydrogens (tertiary/aromatic N) is 1. The van der Waals surface area contributed by atoms with Crippen molar-refractivity contribution >= 4 is 17.3 Å². The number of terminal acetylenes is 1. The van der Waals surface area contributed by atoms with Crippen LogP contribution < -0.4 is 5.32 Å². The smallest absolute Gasteiger partial charge is 0.337 e. The summed E-state index contributed by atoms with van der Waals surface area (Å²) in [6.45, 7) is 1.90. The molecular formula is C13H14N2O4. The van der Waals surface area contributed by atoms with E-state index in [2.05, 4.69) is 11.2 Å². The Morgan fingerprint density at radius 3 is 2.79 bits per heavy atom. The number of carbonyl (C=O) groups is 1. The Kier molecular flexibility index (Phi) is 4.89. The number of carboxylic acids is 1. The van der Waals surface area contributed by atoms with Gasteiger partial charge >= 0.3 is 5.97 Å². The topological polar surface area (TPSA) is 92.5 Å². The standard InChI is InChI=1S/C13H14N2O4/c1-3-5-9(4-2)14-12-8-10(15(18)19)6-7-11(12)13(16)17/h1,6-9,14H,4-5H2,2H3,(H,16,17). The molecule has 100 valence electrons. The van der Waals surface area contributed by atoms with E-state index >= 15 is 0 Å². The maximum Gasteiger partial charge on any atom is 0.337 e. The van der Waals surface area contributed by atoms with E-state index in [0.717, 1.165) is 6.07 Å². The maximum absolute atomic E-state index is 11.1. The van der Waals surface area contributed by atoms with Gasteiger partial charge in [-0.05, 0) is 12.5 Å². The molecule has 0 saturated heterocycles. The molecule has 0 amide bonds. The van der Waals surface area contributed by atoms with E-state index in [-0.39, 0.29) is 23.0 Å². The molecule has 0 heterocycles. The van der Waals surface area contributed by atoms with Crippen LogP contribution in [0.4, 0.5) is 11.4 Å². The lowest BCUT2D eigenvalue weighted by Crippen LogP contribution is -2.19. The van der Waals surface area contributed by atoms with E-state index in [0.29, 0.717) is 12.8 Å². The average Bonchev–Trinajstić information content (AvgIpc) is 2.37. The number of nitro benzene ring substituents is 1.